The average Bonchev–Trinajstić information content (AvgIpc) is 1.83. The molecule has 1 saturated heterocycles. The fourth-order valence-electron chi connectivity index (χ4n) is 1.08. The minimum absolute atomic E-state index is 0.0359. The van der Waals surface area contributed by atoms with Crippen LogP contribution in [0.15, 0.2) is 0 Å². The van der Waals surface area contributed by atoms with Crippen LogP contribution in [0.1, 0.15) is 13.3 Å². The van der Waals surface area contributed by atoms with Crippen LogP contribution < -0.4 is 5.32 Å². The third-order valence-corrected chi connectivity index (χ3v) is 1.81. The Hall–Kier alpha value is -0.120. The standard InChI is InChI=1S/C6H13NO2/c1-4-6(9)5(8)2-3-7-4/h4-9H,2-3H2,1H3/t4?,5-,6+/m0/s1. The van der Waals surface area contributed by atoms with E-state index in [0.29, 0.717) is 6.42 Å². The molecular weight excluding hydrogens is 118 g/mol. The van der Waals surface area contributed by atoms with Gasteiger partial charge in [0, 0.05) is 6.04 Å². The van der Waals surface area contributed by atoms with Crippen LogP contribution in [-0.2, 0) is 0 Å². The molecule has 1 aliphatic rings. The first-order valence-corrected chi connectivity index (χ1v) is 3.31. The van der Waals surface area contributed by atoms with Gasteiger partial charge in [-0.05, 0) is 19.9 Å². The van der Waals surface area contributed by atoms with Gasteiger partial charge < -0.3 is 15.5 Å². The Bertz CT molecular complexity index is 87.1. The van der Waals surface area contributed by atoms with Crippen LogP contribution in [0.2, 0.25) is 0 Å². The second-order valence-corrected chi connectivity index (χ2v) is 2.59. The Kier molecular flexibility index (Phi) is 2.05. The van der Waals surface area contributed by atoms with Gasteiger partial charge in [0.05, 0.1) is 12.2 Å². The van der Waals surface area contributed by atoms with Crippen molar-refractivity contribution >= 4 is 0 Å². The van der Waals surface area contributed by atoms with Crippen molar-refractivity contribution < 1.29 is 10.2 Å². The normalized spacial score (nSPS) is 45.0. The van der Waals surface area contributed by atoms with Gasteiger partial charge in [-0.1, -0.05) is 0 Å². The van der Waals surface area contributed by atoms with E-state index in [2.05, 4.69) is 5.32 Å². The van der Waals surface area contributed by atoms with Crippen molar-refractivity contribution in [2.75, 3.05) is 6.54 Å². The van der Waals surface area contributed by atoms with E-state index in [-0.39, 0.29) is 6.04 Å². The second-order valence-electron chi connectivity index (χ2n) is 2.59. The summed E-state index contributed by atoms with van der Waals surface area (Å²) in [6, 6.07) is 0.0359. The number of aliphatic hydroxyl groups excluding tert-OH is 2. The smallest absolute Gasteiger partial charge is 0.0949 e. The van der Waals surface area contributed by atoms with E-state index in [1.54, 1.807) is 0 Å². The summed E-state index contributed by atoms with van der Waals surface area (Å²) >= 11 is 0. The Morgan fingerprint density at radius 3 is 2.56 bits per heavy atom. The predicted octanol–water partition coefficient (Wildman–Crippen LogP) is -0.910. The molecule has 9 heavy (non-hydrogen) atoms. The van der Waals surface area contributed by atoms with E-state index in [9.17, 15) is 0 Å². The molecule has 0 bridgehead atoms. The highest BCUT2D eigenvalue weighted by atomic mass is 16.3. The van der Waals surface area contributed by atoms with Gasteiger partial charge in [-0.2, -0.15) is 0 Å². The summed E-state index contributed by atoms with van der Waals surface area (Å²) in [5, 5.41) is 21.2. The summed E-state index contributed by atoms with van der Waals surface area (Å²) in [6.45, 7) is 2.67. The molecule has 1 rings (SSSR count). The molecule has 3 heteroatoms. The van der Waals surface area contributed by atoms with Gasteiger partial charge in [0.2, 0.25) is 0 Å². The average molecular weight is 131 g/mol. The highest BCUT2D eigenvalue weighted by Crippen LogP contribution is 2.07. The molecule has 3 atom stereocenters. The van der Waals surface area contributed by atoms with Gasteiger partial charge in [0.1, 0.15) is 0 Å². The summed E-state index contributed by atoms with van der Waals surface area (Å²) in [5.41, 5.74) is 0. The highest BCUT2D eigenvalue weighted by molar-refractivity contribution is 4.83. The highest BCUT2D eigenvalue weighted by Gasteiger charge is 2.26. The lowest BCUT2D eigenvalue weighted by molar-refractivity contribution is -0.0220. The fraction of sp³-hybridized carbons (Fsp3) is 1.00. The molecule has 1 heterocycles. The summed E-state index contributed by atoms with van der Waals surface area (Å²) < 4.78 is 0. The van der Waals surface area contributed by atoms with Gasteiger partial charge in [0.15, 0.2) is 0 Å². The zero-order valence-corrected chi connectivity index (χ0v) is 5.54. The molecule has 0 spiro atoms. The zero-order valence-electron chi connectivity index (χ0n) is 5.54. The van der Waals surface area contributed by atoms with Crippen molar-refractivity contribution in [2.24, 2.45) is 0 Å². The molecule has 0 amide bonds. The molecule has 0 aromatic carbocycles. The van der Waals surface area contributed by atoms with Crippen molar-refractivity contribution in [3.8, 4) is 0 Å². The lowest BCUT2D eigenvalue weighted by Crippen LogP contribution is -2.50. The maximum Gasteiger partial charge on any atom is 0.0949 e. The summed E-state index contributed by atoms with van der Waals surface area (Å²) in [4.78, 5) is 0. The molecule has 3 N–H and O–H groups in total. The molecule has 0 saturated carbocycles. The molecule has 1 fully saturated rings. The Labute approximate surface area is 54.7 Å². The van der Waals surface area contributed by atoms with Crippen LogP contribution >= 0.6 is 0 Å². The summed E-state index contributed by atoms with van der Waals surface area (Å²) in [5.74, 6) is 0. The number of nitrogens with one attached hydrogen (secondary N) is 1. The molecular formula is C6H13NO2. The van der Waals surface area contributed by atoms with Crippen LogP contribution in [0.5, 0.6) is 0 Å². The van der Waals surface area contributed by atoms with Crippen LogP contribution in [0.4, 0.5) is 0 Å². The van der Waals surface area contributed by atoms with Crippen LogP contribution in [0.25, 0.3) is 0 Å². The minimum Gasteiger partial charge on any atom is -0.390 e. The Morgan fingerprint density at radius 2 is 2.11 bits per heavy atom. The molecule has 54 valence electrons. The summed E-state index contributed by atoms with van der Waals surface area (Å²) in [6.07, 6.45) is -0.453. The number of rotatable bonds is 0. The molecule has 0 aliphatic carbocycles. The third kappa shape index (κ3) is 1.41. The fourth-order valence-corrected chi connectivity index (χ4v) is 1.08. The minimum atomic E-state index is -0.584. The largest absolute Gasteiger partial charge is 0.390 e. The van der Waals surface area contributed by atoms with Gasteiger partial charge in [0.25, 0.3) is 0 Å². The van der Waals surface area contributed by atoms with Crippen LogP contribution in [0, 0.1) is 0 Å². The lowest BCUT2D eigenvalue weighted by Gasteiger charge is -2.30. The van der Waals surface area contributed by atoms with E-state index in [1.165, 1.54) is 0 Å². The van der Waals surface area contributed by atoms with Crippen molar-refractivity contribution in [2.45, 2.75) is 31.6 Å². The second kappa shape index (κ2) is 2.64. The molecule has 1 unspecified atom stereocenters. The van der Waals surface area contributed by atoms with Crippen LogP contribution in [0.3, 0.4) is 0 Å². The zero-order chi connectivity index (χ0) is 6.85. The van der Waals surface area contributed by atoms with Crippen molar-refractivity contribution in [1.82, 2.24) is 5.32 Å². The van der Waals surface area contributed by atoms with Gasteiger partial charge in [-0.15, -0.1) is 0 Å². The molecule has 3 nitrogen and oxygen atoms in total. The Morgan fingerprint density at radius 1 is 1.44 bits per heavy atom. The predicted molar refractivity (Wildman–Crippen MR) is 34.1 cm³/mol. The van der Waals surface area contributed by atoms with Crippen molar-refractivity contribution in [3.05, 3.63) is 0 Å². The van der Waals surface area contributed by atoms with E-state index < -0.39 is 12.2 Å². The summed E-state index contributed by atoms with van der Waals surface area (Å²) in [7, 11) is 0. The lowest BCUT2D eigenvalue weighted by atomic mass is 10.0. The first kappa shape index (κ1) is 6.99. The van der Waals surface area contributed by atoms with E-state index in [0.717, 1.165) is 6.54 Å². The van der Waals surface area contributed by atoms with Gasteiger partial charge in [-0.25, -0.2) is 0 Å². The maximum absolute atomic E-state index is 9.13. The molecule has 0 aromatic heterocycles. The Balaban J connectivity index is 2.41. The van der Waals surface area contributed by atoms with Gasteiger partial charge in [-0.3, -0.25) is 0 Å². The van der Waals surface area contributed by atoms with Crippen molar-refractivity contribution in [3.63, 3.8) is 0 Å². The van der Waals surface area contributed by atoms with Crippen LogP contribution in [-0.4, -0.2) is 35.0 Å². The molecule has 0 radical (unpaired) electrons. The van der Waals surface area contributed by atoms with Crippen molar-refractivity contribution in [1.29, 1.82) is 0 Å². The number of aliphatic hydroxyl groups is 2. The molecule has 0 aromatic rings. The topological polar surface area (TPSA) is 52.5 Å². The molecule has 1 aliphatic heterocycles. The number of hydrogen-bond donors (Lipinski definition) is 3. The number of hydrogen-bond acceptors (Lipinski definition) is 3. The van der Waals surface area contributed by atoms with Gasteiger partial charge >= 0.3 is 0 Å². The van der Waals surface area contributed by atoms with E-state index in [1.807, 2.05) is 6.92 Å². The third-order valence-electron chi connectivity index (χ3n) is 1.81. The van der Waals surface area contributed by atoms with E-state index in [4.69, 9.17) is 10.2 Å². The first-order valence-electron chi connectivity index (χ1n) is 3.31. The quantitative estimate of drug-likeness (QED) is 0.399. The van der Waals surface area contributed by atoms with E-state index >= 15 is 0 Å². The SMILES string of the molecule is CC1NCC[C@H](O)[C@@H]1O. The number of piperidine rings is 1. The monoisotopic (exact) mass is 131 g/mol. The first-order chi connectivity index (χ1) is 4.22. The maximum atomic E-state index is 9.13.